The van der Waals surface area contributed by atoms with Crippen LogP contribution in [-0.2, 0) is 24.1 Å². The van der Waals surface area contributed by atoms with Crippen molar-refractivity contribution in [1.82, 2.24) is 10.2 Å². The molecule has 0 radical (unpaired) electrons. The van der Waals surface area contributed by atoms with Crippen LogP contribution in [0.5, 0.6) is 0 Å². The second-order valence-electron chi connectivity index (χ2n) is 7.84. The number of benzene rings is 2. The lowest BCUT2D eigenvalue weighted by molar-refractivity contribution is -0.133. The summed E-state index contributed by atoms with van der Waals surface area (Å²) >= 11 is 1.94. The van der Waals surface area contributed by atoms with Gasteiger partial charge in [-0.2, -0.15) is 11.8 Å². The van der Waals surface area contributed by atoms with Gasteiger partial charge in [0.15, 0.2) is 0 Å². The van der Waals surface area contributed by atoms with Gasteiger partial charge in [-0.3, -0.25) is 9.69 Å². The lowest BCUT2D eigenvalue weighted by Crippen LogP contribution is -2.60. The maximum Gasteiger partial charge on any atom is 0.241 e. The van der Waals surface area contributed by atoms with Crippen molar-refractivity contribution < 1.29 is 4.79 Å². The first-order chi connectivity index (χ1) is 13.2. The molecule has 1 amide bonds. The number of carbonyl (C=O) groups is 1. The van der Waals surface area contributed by atoms with Gasteiger partial charge < -0.3 is 5.32 Å². The van der Waals surface area contributed by atoms with Crippen LogP contribution in [0.1, 0.15) is 23.1 Å². The number of amides is 1. The molecule has 2 aliphatic rings. The van der Waals surface area contributed by atoms with Crippen molar-refractivity contribution in [3.05, 3.63) is 71.3 Å². The number of hydrogen-bond acceptors (Lipinski definition) is 3. The van der Waals surface area contributed by atoms with Crippen molar-refractivity contribution in [2.24, 2.45) is 0 Å². The molecule has 1 saturated heterocycles. The van der Waals surface area contributed by atoms with Crippen molar-refractivity contribution in [1.29, 1.82) is 0 Å². The Morgan fingerprint density at radius 2 is 1.78 bits per heavy atom. The van der Waals surface area contributed by atoms with Crippen LogP contribution in [0, 0.1) is 0 Å². The van der Waals surface area contributed by atoms with E-state index in [1.54, 1.807) is 0 Å². The lowest BCUT2D eigenvalue weighted by atomic mass is 9.91. The van der Waals surface area contributed by atoms with Gasteiger partial charge in [0.05, 0.1) is 0 Å². The Balaban J connectivity index is 1.53. The Labute approximate surface area is 166 Å². The second-order valence-corrected chi connectivity index (χ2v) is 8.99. The fourth-order valence-corrected chi connectivity index (χ4v) is 5.47. The Morgan fingerprint density at radius 3 is 2.41 bits per heavy atom. The highest BCUT2D eigenvalue weighted by Crippen LogP contribution is 2.35. The van der Waals surface area contributed by atoms with E-state index < -0.39 is 5.54 Å². The zero-order chi connectivity index (χ0) is 18.7. The van der Waals surface area contributed by atoms with Crippen molar-refractivity contribution in [3.63, 3.8) is 0 Å². The standard InChI is InChI=1S/C23H28N2OS/c1-25(13-11-18-7-3-2-4-8-18)23(22(26)24-21-12-14-27-17-21)15-19-9-5-6-10-20(19)16-23/h2-10,21H,11-17H2,1H3,(H,24,26)/t21-/m1/s1. The summed E-state index contributed by atoms with van der Waals surface area (Å²) in [5.41, 5.74) is 3.49. The maximum absolute atomic E-state index is 13.5. The summed E-state index contributed by atoms with van der Waals surface area (Å²) in [5.74, 6) is 2.41. The van der Waals surface area contributed by atoms with Gasteiger partial charge >= 0.3 is 0 Å². The van der Waals surface area contributed by atoms with E-state index in [4.69, 9.17) is 0 Å². The third kappa shape index (κ3) is 3.92. The molecule has 0 bridgehead atoms. The molecule has 0 saturated carbocycles. The fraction of sp³-hybridized carbons (Fsp3) is 0.435. The van der Waals surface area contributed by atoms with Crippen LogP contribution in [-0.4, -0.2) is 47.5 Å². The molecule has 0 spiro atoms. The van der Waals surface area contributed by atoms with Crippen LogP contribution < -0.4 is 5.32 Å². The average molecular weight is 381 g/mol. The largest absolute Gasteiger partial charge is 0.351 e. The molecule has 1 aliphatic carbocycles. The lowest BCUT2D eigenvalue weighted by Gasteiger charge is -2.38. The molecule has 0 aromatic heterocycles. The second kappa shape index (κ2) is 8.07. The highest BCUT2D eigenvalue weighted by Gasteiger charge is 2.47. The molecular weight excluding hydrogens is 352 g/mol. The van der Waals surface area contributed by atoms with Crippen LogP contribution in [0.2, 0.25) is 0 Å². The van der Waals surface area contributed by atoms with Gasteiger partial charge in [0.1, 0.15) is 5.54 Å². The first-order valence-electron chi connectivity index (χ1n) is 9.88. The Kier molecular flexibility index (Phi) is 5.55. The number of thioether (sulfide) groups is 1. The molecule has 1 heterocycles. The molecule has 2 aromatic carbocycles. The SMILES string of the molecule is CN(CCc1ccccc1)C1(C(=O)N[C@@H]2CCSC2)Cc2ccccc2C1. The van der Waals surface area contributed by atoms with Crippen LogP contribution in [0.25, 0.3) is 0 Å². The Morgan fingerprint density at radius 1 is 1.11 bits per heavy atom. The van der Waals surface area contributed by atoms with Gasteiger partial charge in [-0.05, 0) is 42.3 Å². The number of nitrogens with zero attached hydrogens (tertiary/aromatic N) is 1. The summed E-state index contributed by atoms with van der Waals surface area (Å²) in [6.07, 6.45) is 3.66. The van der Waals surface area contributed by atoms with Gasteiger partial charge in [-0.25, -0.2) is 0 Å². The molecule has 1 atom stereocenters. The molecule has 27 heavy (non-hydrogen) atoms. The number of likely N-dealkylation sites (N-methyl/N-ethyl adjacent to an activating group) is 1. The van der Waals surface area contributed by atoms with E-state index in [0.717, 1.165) is 43.7 Å². The van der Waals surface area contributed by atoms with E-state index in [9.17, 15) is 4.79 Å². The van der Waals surface area contributed by atoms with E-state index in [-0.39, 0.29) is 5.91 Å². The van der Waals surface area contributed by atoms with Gasteiger partial charge in [-0.1, -0.05) is 54.6 Å². The first-order valence-corrected chi connectivity index (χ1v) is 11.0. The zero-order valence-electron chi connectivity index (χ0n) is 16.0. The van der Waals surface area contributed by atoms with Gasteiger partial charge in [0, 0.05) is 31.2 Å². The van der Waals surface area contributed by atoms with Crippen LogP contribution in [0.4, 0.5) is 0 Å². The summed E-state index contributed by atoms with van der Waals surface area (Å²) in [6.45, 7) is 0.880. The molecule has 142 valence electrons. The van der Waals surface area contributed by atoms with E-state index in [1.165, 1.54) is 16.7 Å². The minimum atomic E-state index is -0.467. The topological polar surface area (TPSA) is 32.3 Å². The number of hydrogen-bond donors (Lipinski definition) is 1. The zero-order valence-corrected chi connectivity index (χ0v) is 16.8. The highest BCUT2D eigenvalue weighted by molar-refractivity contribution is 7.99. The molecule has 3 nitrogen and oxygen atoms in total. The minimum Gasteiger partial charge on any atom is -0.351 e. The molecule has 4 rings (SSSR count). The van der Waals surface area contributed by atoms with Crippen LogP contribution >= 0.6 is 11.8 Å². The van der Waals surface area contributed by atoms with E-state index in [2.05, 4.69) is 71.9 Å². The average Bonchev–Trinajstić information content (AvgIpc) is 3.34. The van der Waals surface area contributed by atoms with Crippen LogP contribution in [0.15, 0.2) is 54.6 Å². The van der Waals surface area contributed by atoms with Gasteiger partial charge in [-0.15, -0.1) is 0 Å². The van der Waals surface area contributed by atoms with E-state index in [0.29, 0.717) is 6.04 Å². The summed E-state index contributed by atoms with van der Waals surface area (Å²) in [5, 5.41) is 3.37. The van der Waals surface area contributed by atoms with Crippen molar-refractivity contribution >= 4 is 17.7 Å². The van der Waals surface area contributed by atoms with E-state index in [1.807, 2.05) is 11.8 Å². The smallest absolute Gasteiger partial charge is 0.241 e. The summed E-state index contributed by atoms with van der Waals surface area (Å²) < 4.78 is 0. The van der Waals surface area contributed by atoms with Crippen LogP contribution in [0.3, 0.4) is 0 Å². The van der Waals surface area contributed by atoms with Gasteiger partial charge in [0.25, 0.3) is 0 Å². The summed E-state index contributed by atoms with van der Waals surface area (Å²) in [4.78, 5) is 15.8. The molecule has 0 unspecified atom stereocenters. The monoisotopic (exact) mass is 380 g/mol. The fourth-order valence-electron chi connectivity index (χ4n) is 4.32. The number of nitrogens with one attached hydrogen (secondary N) is 1. The Hall–Kier alpha value is -1.78. The number of rotatable bonds is 6. The maximum atomic E-state index is 13.5. The first kappa shape index (κ1) is 18.6. The number of fused-ring (bicyclic) bond motifs is 1. The van der Waals surface area contributed by atoms with Crippen molar-refractivity contribution in [3.8, 4) is 0 Å². The third-order valence-corrected chi connectivity index (χ3v) is 7.24. The predicted molar refractivity (Wildman–Crippen MR) is 113 cm³/mol. The number of carbonyl (C=O) groups excluding carboxylic acids is 1. The minimum absolute atomic E-state index is 0.210. The highest BCUT2D eigenvalue weighted by atomic mass is 32.2. The van der Waals surface area contributed by atoms with Crippen molar-refractivity contribution in [2.45, 2.75) is 37.3 Å². The molecular formula is C23H28N2OS. The summed E-state index contributed by atoms with van der Waals surface area (Å²) in [7, 11) is 2.12. The van der Waals surface area contributed by atoms with Gasteiger partial charge in [0.2, 0.25) is 5.91 Å². The summed E-state index contributed by atoms with van der Waals surface area (Å²) in [6, 6.07) is 19.4. The molecule has 1 N–H and O–H groups in total. The molecule has 1 fully saturated rings. The molecule has 2 aromatic rings. The Bertz CT molecular complexity index is 761. The predicted octanol–water partition coefficient (Wildman–Crippen LogP) is 3.32. The molecule has 1 aliphatic heterocycles. The van der Waals surface area contributed by atoms with Crippen molar-refractivity contribution in [2.75, 3.05) is 25.1 Å². The quantitative estimate of drug-likeness (QED) is 0.834. The molecule has 4 heteroatoms. The third-order valence-electron chi connectivity index (χ3n) is 6.08. The van der Waals surface area contributed by atoms with E-state index >= 15 is 0 Å². The normalized spacial score (nSPS) is 20.6.